The normalized spacial score (nSPS) is 38.7. The summed E-state index contributed by atoms with van der Waals surface area (Å²) >= 11 is 0. The second kappa shape index (κ2) is 6.58. The van der Waals surface area contributed by atoms with Gasteiger partial charge in [-0.25, -0.2) is 0 Å². The van der Waals surface area contributed by atoms with Gasteiger partial charge < -0.3 is 4.90 Å². The lowest BCUT2D eigenvalue weighted by atomic mass is 9.82. The van der Waals surface area contributed by atoms with E-state index in [0.29, 0.717) is 0 Å². The van der Waals surface area contributed by atoms with Crippen molar-refractivity contribution in [3.05, 3.63) is 0 Å². The predicted octanol–water partition coefficient (Wildman–Crippen LogP) is 3.37. The third-order valence-electron chi connectivity index (χ3n) is 5.70. The highest BCUT2D eigenvalue weighted by atomic mass is 15.2. The molecule has 3 atom stereocenters. The highest BCUT2D eigenvalue weighted by molar-refractivity contribution is 4.84. The number of piperidine rings is 1. The Kier molecular flexibility index (Phi) is 4.81. The molecular formula is C17H32N2. The topological polar surface area (TPSA) is 6.48 Å². The predicted molar refractivity (Wildman–Crippen MR) is 81.4 cm³/mol. The SMILES string of the molecule is CC1CCCC(CN2CCCN3CCCCC3C2)C1. The zero-order valence-electron chi connectivity index (χ0n) is 12.8. The van der Waals surface area contributed by atoms with Crippen molar-refractivity contribution in [1.82, 2.24) is 9.80 Å². The molecular weight excluding hydrogens is 232 g/mol. The molecule has 0 bridgehead atoms. The highest BCUT2D eigenvalue weighted by Gasteiger charge is 2.28. The zero-order chi connectivity index (χ0) is 13.1. The van der Waals surface area contributed by atoms with Gasteiger partial charge in [-0.2, -0.15) is 0 Å². The van der Waals surface area contributed by atoms with Crippen LogP contribution < -0.4 is 0 Å². The van der Waals surface area contributed by atoms with Gasteiger partial charge in [-0.1, -0.05) is 26.2 Å². The van der Waals surface area contributed by atoms with E-state index in [1.165, 1.54) is 84.1 Å². The van der Waals surface area contributed by atoms with Gasteiger partial charge in [-0.3, -0.25) is 4.90 Å². The Morgan fingerprint density at radius 1 is 0.895 bits per heavy atom. The average Bonchev–Trinajstić information content (AvgIpc) is 2.60. The van der Waals surface area contributed by atoms with Gasteiger partial charge >= 0.3 is 0 Å². The number of hydrogen-bond donors (Lipinski definition) is 0. The van der Waals surface area contributed by atoms with Crippen molar-refractivity contribution in [1.29, 1.82) is 0 Å². The Hall–Kier alpha value is -0.0800. The maximum atomic E-state index is 2.82. The summed E-state index contributed by atoms with van der Waals surface area (Å²) < 4.78 is 0. The Morgan fingerprint density at radius 3 is 2.68 bits per heavy atom. The van der Waals surface area contributed by atoms with Crippen LogP contribution in [0.1, 0.15) is 58.3 Å². The molecule has 3 unspecified atom stereocenters. The number of fused-ring (bicyclic) bond motifs is 1. The lowest BCUT2D eigenvalue weighted by molar-refractivity contribution is 0.122. The molecule has 0 aromatic carbocycles. The van der Waals surface area contributed by atoms with Crippen LogP contribution in [-0.2, 0) is 0 Å². The summed E-state index contributed by atoms with van der Waals surface area (Å²) in [7, 11) is 0. The molecule has 2 saturated heterocycles. The quantitative estimate of drug-likeness (QED) is 0.754. The number of nitrogens with zero attached hydrogens (tertiary/aromatic N) is 2. The monoisotopic (exact) mass is 264 g/mol. The Morgan fingerprint density at radius 2 is 1.79 bits per heavy atom. The van der Waals surface area contributed by atoms with Gasteiger partial charge in [0.2, 0.25) is 0 Å². The minimum absolute atomic E-state index is 0.886. The summed E-state index contributed by atoms with van der Waals surface area (Å²) in [6, 6.07) is 0.886. The van der Waals surface area contributed by atoms with Crippen LogP contribution >= 0.6 is 0 Å². The molecule has 3 aliphatic rings. The van der Waals surface area contributed by atoms with E-state index in [1.54, 1.807) is 0 Å². The Labute approximate surface area is 119 Å². The minimum Gasteiger partial charge on any atom is -0.301 e. The summed E-state index contributed by atoms with van der Waals surface area (Å²) in [4.78, 5) is 5.60. The molecule has 0 aromatic rings. The molecule has 110 valence electrons. The fraction of sp³-hybridized carbons (Fsp3) is 1.00. The molecule has 1 aliphatic carbocycles. The maximum Gasteiger partial charge on any atom is 0.0223 e. The first-order chi connectivity index (χ1) is 9.31. The number of rotatable bonds is 2. The van der Waals surface area contributed by atoms with E-state index in [2.05, 4.69) is 16.7 Å². The van der Waals surface area contributed by atoms with Crippen molar-refractivity contribution in [2.24, 2.45) is 11.8 Å². The van der Waals surface area contributed by atoms with Gasteiger partial charge in [0.1, 0.15) is 0 Å². The first-order valence-corrected chi connectivity index (χ1v) is 8.77. The zero-order valence-corrected chi connectivity index (χ0v) is 12.8. The van der Waals surface area contributed by atoms with Crippen LogP contribution in [0.4, 0.5) is 0 Å². The second-order valence-corrected chi connectivity index (χ2v) is 7.44. The van der Waals surface area contributed by atoms with Gasteiger partial charge in [-0.05, 0) is 63.6 Å². The van der Waals surface area contributed by atoms with Crippen molar-refractivity contribution in [2.75, 3.05) is 32.7 Å². The van der Waals surface area contributed by atoms with Gasteiger partial charge in [0.05, 0.1) is 0 Å². The molecule has 0 spiro atoms. The molecule has 2 heteroatoms. The summed E-state index contributed by atoms with van der Waals surface area (Å²) in [5.41, 5.74) is 0. The summed E-state index contributed by atoms with van der Waals surface area (Å²) in [5, 5.41) is 0. The van der Waals surface area contributed by atoms with Crippen molar-refractivity contribution in [2.45, 2.75) is 64.3 Å². The van der Waals surface area contributed by atoms with E-state index in [4.69, 9.17) is 0 Å². The van der Waals surface area contributed by atoms with Gasteiger partial charge in [0, 0.05) is 19.1 Å². The van der Waals surface area contributed by atoms with Crippen molar-refractivity contribution in [3.63, 3.8) is 0 Å². The second-order valence-electron chi connectivity index (χ2n) is 7.44. The van der Waals surface area contributed by atoms with Crippen molar-refractivity contribution >= 4 is 0 Å². The van der Waals surface area contributed by atoms with E-state index >= 15 is 0 Å². The fourth-order valence-corrected chi connectivity index (χ4v) is 4.70. The smallest absolute Gasteiger partial charge is 0.0223 e. The molecule has 2 aliphatic heterocycles. The van der Waals surface area contributed by atoms with Crippen molar-refractivity contribution in [3.8, 4) is 0 Å². The first kappa shape index (κ1) is 13.9. The minimum atomic E-state index is 0.886. The van der Waals surface area contributed by atoms with Crippen LogP contribution in [0.25, 0.3) is 0 Å². The molecule has 0 N–H and O–H groups in total. The average molecular weight is 264 g/mol. The lowest BCUT2D eigenvalue weighted by Gasteiger charge is -2.37. The molecule has 19 heavy (non-hydrogen) atoms. The van der Waals surface area contributed by atoms with Crippen molar-refractivity contribution < 1.29 is 0 Å². The van der Waals surface area contributed by atoms with Crippen LogP contribution in [0, 0.1) is 11.8 Å². The van der Waals surface area contributed by atoms with E-state index in [0.717, 1.165) is 17.9 Å². The summed E-state index contributed by atoms with van der Waals surface area (Å²) in [6.45, 7) is 9.32. The van der Waals surface area contributed by atoms with E-state index in [-0.39, 0.29) is 0 Å². The van der Waals surface area contributed by atoms with Gasteiger partial charge in [0.15, 0.2) is 0 Å². The third-order valence-corrected chi connectivity index (χ3v) is 5.70. The first-order valence-electron chi connectivity index (χ1n) is 8.77. The van der Waals surface area contributed by atoms with Gasteiger partial charge in [0.25, 0.3) is 0 Å². The van der Waals surface area contributed by atoms with Gasteiger partial charge in [-0.15, -0.1) is 0 Å². The molecule has 0 aromatic heterocycles. The standard InChI is InChI=1S/C17H32N2/c1-15-6-4-7-16(12-15)13-18-9-5-11-19-10-3-2-8-17(19)14-18/h15-17H,2-14H2,1H3. The molecule has 3 fully saturated rings. The molecule has 2 nitrogen and oxygen atoms in total. The fourth-order valence-electron chi connectivity index (χ4n) is 4.70. The third kappa shape index (κ3) is 3.72. The highest BCUT2D eigenvalue weighted by Crippen LogP contribution is 2.30. The summed E-state index contributed by atoms with van der Waals surface area (Å²) in [6.07, 6.45) is 11.7. The van der Waals surface area contributed by atoms with Crippen LogP contribution in [-0.4, -0.2) is 48.6 Å². The summed E-state index contributed by atoms with van der Waals surface area (Å²) in [5.74, 6) is 1.98. The molecule has 0 radical (unpaired) electrons. The van der Waals surface area contributed by atoms with E-state index < -0.39 is 0 Å². The van der Waals surface area contributed by atoms with Crippen LogP contribution in [0.2, 0.25) is 0 Å². The molecule has 1 saturated carbocycles. The molecule has 3 rings (SSSR count). The Balaban J connectivity index is 1.52. The van der Waals surface area contributed by atoms with Crippen LogP contribution in [0.15, 0.2) is 0 Å². The van der Waals surface area contributed by atoms with Crippen LogP contribution in [0.3, 0.4) is 0 Å². The van der Waals surface area contributed by atoms with E-state index in [1.807, 2.05) is 0 Å². The molecule has 0 amide bonds. The largest absolute Gasteiger partial charge is 0.301 e. The lowest BCUT2D eigenvalue weighted by Crippen LogP contribution is -2.45. The Bertz CT molecular complexity index is 278. The van der Waals surface area contributed by atoms with E-state index in [9.17, 15) is 0 Å². The number of hydrogen-bond acceptors (Lipinski definition) is 2. The molecule has 2 heterocycles. The van der Waals surface area contributed by atoms with Crippen LogP contribution in [0.5, 0.6) is 0 Å². The maximum absolute atomic E-state index is 2.82.